The summed E-state index contributed by atoms with van der Waals surface area (Å²) in [5, 5.41) is 14.8. The zero-order chi connectivity index (χ0) is 18.6. The number of rotatable bonds is 4. The van der Waals surface area contributed by atoms with Gasteiger partial charge in [0.15, 0.2) is 5.69 Å². The average Bonchev–Trinajstić information content (AvgIpc) is 3.20. The highest BCUT2D eigenvalue weighted by molar-refractivity contribution is 5.92. The number of ether oxygens (including phenoxy) is 1. The number of nitrogens with zero attached hydrogens (tertiary/aromatic N) is 3. The predicted octanol–water partition coefficient (Wildman–Crippen LogP) is 2.58. The van der Waals surface area contributed by atoms with Gasteiger partial charge in [-0.15, -0.1) is 17.5 Å². The number of halogens is 1. The van der Waals surface area contributed by atoms with Crippen molar-refractivity contribution < 1.29 is 9.53 Å². The lowest BCUT2D eigenvalue weighted by Crippen LogP contribution is -2.42. The Bertz CT molecular complexity index is 773. The van der Waals surface area contributed by atoms with Gasteiger partial charge in [-0.25, -0.2) is 4.68 Å². The normalized spacial score (nSPS) is 23.0. The Balaban J connectivity index is 0.00000225. The van der Waals surface area contributed by atoms with Gasteiger partial charge in [0, 0.05) is 6.61 Å². The molecule has 2 aliphatic rings. The van der Waals surface area contributed by atoms with Crippen LogP contribution in [-0.2, 0) is 4.74 Å². The second-order valence-electron chi connectivity index (χ2n) is 7.49. The van der Waals surface area contributed by atoms with Crippen molar-refractivity contribution in [2.45, 2.75) is 50.8 Å². The van der Waals surface area contributed by atoms with Crippen LogP contribution in [0.25, 0.3) is 0 Å². The van der Waals surface area contributed by atoms with Crippen molar-refractivity contribution in [1.29, 1.82) is 0 Å². The van der Waals surface area contributed by atoms with Gasteiger partial charge < -0.3 is 15.4 Å². The van der Waals surface area contributed by atoms with Crippen LogP contribution in [0, 0.1) is 6.92 Å². The highest BCUT2D eigenvalue weighted by Crippen LogP contribution is 2.29. The largest absolute Gasteiger partial charge is 0.371 e. The van der Waals surface area contributed by atoms with E-state index in [0.29, 0.717) is 11.7 Å². The summed E-state index contributed by atoms with van der Waals surface area (Å²) in [5.41, 5.74) is 2.69. The van der Waals surface area contributed by atoms with E-state index in [1.807, 2.05) is 4.68 Å². The lowest BCUT2D eigenvalue weighted by atomic mass is 9.95. The van der Waals surface area contributed by atoms with Crippen LogP contribution in [0.2, 0.25) is 0 Å². The molecule has 8 heteroatoms. The maximum atomic E-state index is 12.7. The highest BCUT2D eigenvalue weighted by atomic mass is 35.5. The summed E-state index contributed by atoms with van der Waals surface area (Å²) in [5.74, 6) is -0.178. The van der Waals surface area contributed by atoms with Gasteiger partial charge in [0.05, 0.1) is 18.3 Å². The number of aryl methyl sites for hydroxylation is 1. The molecule has 2 aliphatic heterocycles. The van der Waals surface area contributed by atoms with E-state index in [9.17, 15) is 4.79 Å². The number of benzene rings is 1. The first-order chi connectivity index (χ1) is 13.2. The molecule has 2 atom stereocenters. The number of carbonyl (C=O) groups is 1. The fourth-order valence-corrected chi connectivity index (χ4v) is 3.89. The van der Waals surface area contributed by atoms with E-state index in [-0.39, 0.29) is 30.5 Å². The van der Waals surface area contributed by atoms with E-state index in [2.05, 4.69) is 52.1 Å². The average molecular weight is 406 g/mol. The Labute approximate surface area is 171 Å². The van der Waals surface area contributed by atoms with Gasteiger partial charge in [-0.3, -0.25) is 4.79 Å². The molecule has 2 fully saturated rings. The molecule has 2 N–H and O–H groups in total. The van der Waals surface area contributed by atoms with Crippen molar-refractivity contribution in [1.82, 2.24) is 25.6 Å². The van der Waals surface area contributed by atoms with Gasteiger partial charge in [0.25, 0.3) is 5.91 Å². The van der Waals surface area contributed by atoms with Crippen LogP contribution in [0.3, 0.4) is 0 Å². The number of amides is 1. The van der Waals surface area contributed by atoms with E-state index in [4.69, 9.17) is 4.74 Å². The van der Waals surface area contributed by atoms with Crippen LogP contribution in [-0.4, -0.2) is 46.6 Å². The highest BCUT2D eigenvalue weighted by Gasteiger charge is 2.30. The topological polar surface area (TPSA) is 81.1 Å². The second-order valence-corrected chi connectivity index (χ2v) is 7.49. The number of nitrogens with one attached hydrogen (secondary N) is 2. The molecule has 7 nitrogen and oxygen atoms in total. The summed E-state index contributed by atoms with van der Waals surface area (Å²) in [6, 6.07) is 8.58. The van der Waals surface area contributed by atoms with Crippen molar-refractivity contribution in [3.8, 4) is 0 Å². The Morgan fingerprint density at radius 3 is 2.71 bits per heavy atom. The maximum Gasteiger partial charge on any atom is 0.273 e. The zero-order valence-corrected chi connectivity index (χ0v) is 17.0. The molecule has 0 saturated carbocycles. The SMILES string of the molecule is Cc1ccc(C2OCCCC2NC(=O)c2cn(C3CCNCC3)nn2)cc1.Cl. The molecule has 0 spiro atoms. The first kappa shape index (κ1) is 20.8. The van der Waals surface area contributed by atoms with Gasteiger partial charge in [-0.1, -0.05) is 35.0 Å². The minimum atomic E-state index is -0.178. The molecule has 2 aromatic rings. The quantitative estimate of drug-likeness (QED) is 0.817. The Kier molecular flexibility index (Phi) is 7.04. The van der Waals surface area contributed by atoms with Gasteiger partial charge in [0.2, 0.25) is 0 Å². The van der Waals surface area contributed by atoms with Gasteiger partial charge in [0.1, 0.15) is 6.10 Å². The van der Waals surface area contributed by atoms with Crippen LogP contribution in [0.15, 0.2) is 30.5 Å². The van der Waals surface area contributed by atoms with Crippen LogP contribution in [0.4, 0.5) is 0 Å². The minimum Gasteiger partial charge on any atom is -0.371 e. The molecule has 0 bridgehead atoms. The van der Waals surface area contributed by atoms with Crippen molar-refractivity contribution in [3.63, 3.8) is 0 Å². The third-order valence-electron chi connectivity index (χ3n) is 5.47. The Hall–Kier alpha value is -1.96. The Morgan fingerprint density at radius 2 is 1.96 bits per heavy atom. The predicted molar refractivity (Wildman–Crippen MR) is 109 cm³/mol. The lowest BCUT2D eigenvalue weighted by Gasteiger charge is -2.32. The number of hydrogen-bond acceptors (Lipinski definition) is 5. The molecule has 28 heavy (non-hydrogen) atoms. The molecule has 1 aromatic carbocycles. The van der Waals surface area contributed by atoms with Crippen molar-refractivity contribution in [3.05, 3.63) is 47.3 Å². The smallest absolute Gasteiger partial charge is 0.273 e. The standard InChI is InChI=1S/C20H27N5O2.ClH/c1-14-4-6-15(7-5-14)19-17(3-2-12-27-19)22-20(26)18-13-25(24-23-18)16-8-10-21-11-9-16;/h4-7,13,16-17,19,21H,2-3,8-12H2,1H3,(H,22,26);1H. The lowest BCUT2D eigenvalue weighted by molar-refractivity contribution is -0.00951. The van der Waals surface area contributed by atoms with E-state index in [1.165, 1.54) is 5.56 Å². The van der Waals surface area contributed by atoms with Crippen molar-refractivity contribution in [2.24, 2.45) is 0 Å². The van der Waals surface area contributed by atoms with Crippen molar-refractivity contribution >= 4 is 18.3 Å². The van der Waals surface area contributed by atoms with Crippen LogP contribution < -0.4 is 10.6 Å². The third kappa shape index (κ3) is 4.71. The summed E-state index contributed by atoms with van der Waals surface area (Å²) >= 11 is 0. The first-order valence-corrected chi connectivity index (χ1v) is 9.82. The molecule has 152 valence electrons. The number of aromatic nitrogens is 3. The van der Waals surface area contributed by atoms with E-state index >= 15 is 0 Å². The zero-order valence-electron chi connectivity index (χ0n) is 16.1. The molecule has 4 rings (SSSR count). The number of carbonyl (C=O) groups excluding carboxylic acids is 1. The Morgan fingerprint density at radius 1 is 1.21 bits per heavy atom. The molecule has 1 aromatic heterocycles. The van der Waals surface area contributed by atoms with Crippen molar-refractivity contribution in [2.75, 3.05) is 19.7 Å². The first-order valence-electron chi connectivity index (χ1n) is 9.82. The monoisotopic (exact) mass is 405 g/mol. The number of hydrogen-bond donors (Lipinski definition) is 2. The van der Waals surface area contributed by atoms with E-state index in [1.54, 1.807) is 6.20 Å². The van der Waals surface area contributed by atoms with E-state index < -0.39 is 0 Å². The molecule has 2 unspecified atom stereocenters. The van der Waals surface area contributed by atoms with Gasteiger partial charge >= 0.3 is 0 Å². The fraction of sp³-hybridized carbons (Fsp3) is 0.550. The number of piperidine rings is 1. The summed E-state index contributed by atoms with van der Waals surface area (Å²) in [6.45, 7) is 4.74. The minimum absolute atomic E-state index is 0. The molecular formula is C20H28ClN5O2. The molecule has 3 heterocycles. The molecule has 1 amide bonds. The molecule has 2 saturated heterocycles. The summed E-state index contributed by atoms with van der Waals surface area (Å²) in [6.07, 6.45) is 5.51. The van der Waals surface area contributed by atoms with Crippen LogP contribution >= 0.6 is 12.4 Å². The van der Waals surface area contributed by atoms with Crippen LogP contribution in [0.1, 0.15) is 59.4 Å². The molecule has 0 aliphatic carbocycles. The fourth-order valence-electron chi connectivity index (χ4n) is 3.89. The molecular weight excluding hydrogens is 378 g/mol. The van der Waals surface area contributed by atoms with Gasteiger partial charge in [-0.05, 0) is 51.3 Å². The molecule has 0 radical (unpaired) electrons. The van der Waals surface area contributed by atoms with Crippen LogP contribution in [0.5, 0.6) is 0 Å². The summed E-state index contributed by atoms with van der Waals surface area (Å²) in [4.78, 5) is 12.7. The third-order valence-corrected chi connectivity index (χ3v) is 5.47. The second kappa shape index (κ2) is 9.49. The van der Waals surface area contributed by atoms with E-state index in [0.717, 1.165) is 50.9 Å². The summed E-state index contributed by atoms with van der Waals surface area (Å²) in [7, 11) is 0. The summed E-state index contributed by atoms with van der Waals surface area (Å²) < 4.78 is 7.83. The van der Waals surface area contributed by atoms with Gasteiger partial charge in [-0.2, -0.15) is 0 Å². The maximum absolute atomic E-state index is 12.7.